The number of carbonyl (C=O) groups is 1. The molecule has 2 atom stereocenters. The Morgan fingerprint density at radius 1 is 1.15 bits per heavy atom. The molecule has 0 unspecified atom stereocenters. The number of ether oxygens (including phenoxy) is 3. The first-order valence-electron chi connectivity index (χ1n) is 9.12. The van der Waals surface area contributed by atoms with Crippen LogP contribution in [-0.2, 0) is 26.0 Å². The molecule has 1 amide bonds. The highest BCUT2D eigenvalue weighted by atomic mass is 32.2. The van der Waals surface area contributed by atoms with Crippen LogP contribution in [0.4, 0.5) is 0 Å². The fourth-order valence-electron chi connectivity index (χ4n) is 3.25. The SMILES string of the molecule is C[C@H]1CN(S(=O)(=O)CCNC(=O)Cc2ccc3c(c2)OCCO3)C[C@H](C)O1. The van der Waals surface area contributed by atoms with Crippen LogP contribution in [0, 0.1) is 0 Å². The predicted octanol–water partition coefficient (Wildman–Crippen LogP) is 0.556. The summed E-state index contributed by atoms with van der Waals surface area (Å²) < 4.78 is 42.9. The second-order valence-corrected chi connectivity index (χ2v) is 8.98. The molecule has 2 heterocycles. The zero-order valence-corrected chi connectivity index (χ0v) is 16.5. The molecule has 0 aliphatic carbocycles. The van der Waals surface area contributed by atoms with Crippen LogP contribution in [0.1, 0.15) is 19.4 Å². The lowest BCUT2D eigenvalue weighted by Crippen LogP contribution is -2.49. The molecule has 0 bridgehead atoms. The molecule has 3 rings (SSSR count). The van der Waals surface area contributed by atoms with Crippen molar-refractivity contribution in [1.29, 1.82) is 0 Å². The Bertz CT molecular complexity index is 772. The van der Waals surface area contributed by atoms with Gasteiger partial charge < -0.3 is 19.5 Å². The lowest BCUT2D eigenvalue weighted by molar-refractivity contribution is -0.120. The minimum absolute atomic E-state index is 0.0752. The van der Waals surface area contributed by atoms with Crippen molar-refractivity contribution in [3.63, 3.8) is 0 Å². The summed E-state index contributed by atoms with van der Waals surface area (Å²) in [5.74, 6) is 0.944. The van der Waals surface area contributed by atoms with Gasteiger partial charge in [-0.15, -0.1) is 0 Å². The van der Waals surface area contributed by atoms with Crippen LogP contribution < -0.4 is 14.8 Å². The van der Waals surface area contributed by atoms with E-state index >= 15 is 0 Å². The van der Waals surface area contributed by atoms with Crippen LogP contribution in [0.15, 0.2) is 18.2 Å². The van der Waals surface area contributed by atoms with E-state index in [9.17, 15) is 13.2 Å². The van der Waals surface area contributed by atoms with Gasteiger partial charge in [-0.1, -0.05) is 6.07 Å². The first-order chi connectivity index (χ1) is 12.8. The third-order valence-corrected chi connectivity index (χ3v) is 6.24. The van der Waals surface area contributed by atoms with Crippen LogP contribution in [0.25, 0.3) is 0 Å². The summed E-state index contributed by atoms with van der Waals surface area (Å²) in [7, 11) is -3.43. The molecule has 2 aliphatic rings. The van der Waals surface area contributed by atoms with Gasteiger partial charge in [0.05, 0.1) is 24.4 Å². The Balaban J connectivity index is 1.48. The molecule has 0 aromatic heterocycles. The van der Waals surface area contributed by atoms with Crippen LogP contribution in [0.5, 0.6) is 11.5 Å². The second kappa shape index (κ2) is 8.45. The Morgan fingerprint density at radius 2 is 1.81 bits per heavy atom. The Hall–Kier alpha value is -1.84. The number of hydrogen-bond acceptors (Lipinski definition) is 6. The minimum atomic E-state index is -3.43. The van der Waals surface area contributed by atoms with E-state index in [1.54, 1.807) is 18.2 Å². The molecule has 150 valence electrons. The number of hydrogen-bond donors (Lipinski definition) is 1. The van der Waals surface area contributed by atoms with Crippen molar-refractivity contribution in [1.82, 2.24) is 9.62 Å². The van der Waals surface area contributed by atoms with Gasteiger partial charge in [0, 0.05) is 19.6 Å². The molecule has 1 aromatic carbocycles. The lowest BCUT2D eigenvalue weighted by atomic mass is 10.1. The first-order valence-corrected chi connectivity index (χ1v) is 10.7. The lowest BCUT2D eigenvalue weighted by Gasteiger charge is -2.34. The normalized spacial score (nSPS) is 23.0. The van der Waals surface area contributed by atoms with E-state index in [1.807, 2.05) is 13.8 Å². The molecule has 1 saturated heterocycles. The summed E-state index contributed by atoms with van der Waals surface area (Å²) in [6.07, 6.45) is -0.107. The molecule has 1 fully saturated rings. The van der Waals surface area contributed by atoms with E-state index < -0.39 is 10.0 Å². The Kier molecular flexibility index (Phi) is 6.23. The highest BCUT2D eigenvalue weighted by Crippen LogP contribution is 2.30. The van der Waals surface area contributed by atoms with Crippen LogP contribution >= 0.6 is 0 Å². The molecule has 0 saturated carbocycles. The van der Waals surface area contributed by atoms with Gasteiger partial charge in [-0.2, -0.15) is 4.31 Å². The molecule has 1 aromatic rings. The van der Waals surface area contributed by atoms with Crippen molar-refractivity contribution in [2.45, 2.75) is 32.5 Å². The summed E-state index contributed by atoms with van der Waals surface area (Å²) in [5, 5.41) is 2.68. The van der Waals surface area contributed by atoms with E-state index in [-0.39, 0.29) is 36.8 Å². The molecule has 9 heteroatoms. The number of nitrogens with one attached hydrogen (secondary N) is 1. The van der Waals surface area contributed by atoms with Gasteiger partial charge in [-0.05, 0) is 31.5 Å². The maximum atomic E-state index is 12.5. The number of fused-ring (bicyclic) bond motifs is 1. The summed E-state index contributed by atoms with van der Waals surface area (Å²) in [5.41, 5.74) is 0.787. The van der Waals surface area contributed by atoms with E-state index in [4.69, 9.17) is 14.2 Å². The average Bonchev–Trinajstić information content (AvgIpc) is 2.60. The molecule has 1 N–H and O–H groups in total. The molecular formula is C18H26N2O6S. The number of sulfonamides is 1. The summed E-state index contributed by atoms with van der Waals surface area (Å²) in [4.78, 5) is 12.1. The largest absolute Gasteiger partial charge is 0.486 e. The van der Waals surface area contributed by atoms with Gasteiger partial charge in [-0.3, -0.25) is 4.79 Å². The third kappa shape index (κ3) is 5.33. The number of nitrogens with zero attached hydrogens (tertiary/aromatic N) is 1. The summed E-state index contributed by atoms with van der Waals surface area (Å²) >= 11 is 0. The molecular weight excluding hydrogens is 372 g/mol. The van der Waals surface area contributed by atoms with Crippen molar-refractivity contribution in [3.05, 3.63) is 23.8 Å². The van der Waals surface area contributed by atoms with E-state index in [0.29, 0.717) is 37.8 Å². The van der Waals surface area contributed by atoms with Gasteiger partial charge in [0.15, 0.2) is 11.5 Å². The van der Waals surface area contributed by atoms with Gasteiger partial charge in [0.1, 0.15) is 13.2 Å². The standard InChI is InChI=1S/C18H26N2O6S/c1-13-11-20(12-14(2)26-13)27(22,23)8-5-19-18(21)10-15-3-4-16-17(9-15)25-7-6-24-16/h3-4,9,13-14H,5-8,10-12H2,1-2H3,(H,19,21)/t13-,14-/m0/s1. The van der Waals surface area contributed by atoms with E-state index in [2.05, 4.69) is 5.32 Å². The molecule has 27 heavy (non-hydrogen) atoms. The van der Waals surface area contributed by atoms with Gasteiger partial charge in [0.25, 0.3) is 0 Å². The third-order valence-electron chi connectivity index (χ3n) is 4.43. The Labute approximate surface area is 159 Å². The van der Waals surface area contributed by atoms with Crippen LogP contribution in [0.3, 0.4) is 0 Å². The fourth-order valence-corrected chi connectivity index (χ4v) is 4.74. The van der Waals surface area contributed by atoms with Crippen molar-refractivity contribution < 1.29 is 27.4 Å². The zero-order valence-electron chi connectivity index (χ0n) is 15.6. The molecule has 0 spiro atoms. The fraction of sp³-hybridized carbons (Fsp3) is 0.611. The monoisotopic (exact) mass is 398 g/mol. The number of rotatable bonds is 6. The van der Waals surface area contributed by atoms with E-state index in [0.717, 1.165) is 5.56 Å². The maximum Gasteiger partial charge on any atom is 0.224 e. The molecule has 0 radical (unpaired) electrons. The molecule has 8 nitrogen and oxygen atoms in total. The van der Waals surface area contributed by atoms with Gasteiger partial charge >= 0.3 is 0 Å². The Morgan fingerprint density at radius 3 is 2.52 bits per heavy atom. The smallest absolute Gasteiger partial charge is 0.224 e. The van der Waals surface area contributed by atoms with Crippen LogP contribution in [-0.4, -0.2) is 69.4 Å². The minimum Gasteiger partial charge on any atom is -0.486 e. The average molecular weight is 398 g/mol. The van der Waals surface area contributed by atoms with Gasteiger partial charge in [-0.25, -0.2) is 8.42 Å². The zero-order chi connectivity index (χ0) is 19.4. The topological polar surface area (TPSA) is 94.2 Å². The van der Waals surface area contributed by atoms with E-state index in [1.165, 1.54) is 4.31 Å². The second-order valence-electron chi connectivity index (χ2n) is 6.90. The van der Waals surface area contributed by atoms with Crippen LogP contribution in [0.2, 0.25) is 0 Å². The van der Waals surface area contributed by atoms with Gasteiger partial charge in [0.2, 0.25) is 15.9 Å². The highest BCUT2D eigenvalue weighted by molar-refractivity contribution is 7.89. The molecule has 2 aliphatic heterocycles. The highest BCUT2D eigenvalue weighted by Gasteiger charge is 2.30. The van der Waals surface area contributed by atoms with Crippen molar-refractivity contribution in [3.8, 4) is 11.5 Å². The van der Waals surface area contributed by atoms with Crippen molar-refractivity contribution in [2.24, 2.45) is 0 Å². The van der Waals surface area contributed by atoms with Crippen molar-refractivity contribution >= 4 is 15.9 Å². The summed E-state index contributed by atoms with van der Waals surface area (Å²) in [6, 6.07) is 5.37. The number of benzene rings is 1. The number of amides is 1. The number of morpholine rings is 1. The maximum absolute atomic E-state index is 12.5. The number of carbonyl (C=O) groups excluding carboxylic acids is 1. The summed E-state index contributed by atoms with van der Waals surface area (Å²) in [6.45, 7) is 5.48. The first kappa shape index (κ1) is 19.9. The van der Waals surface area contributed by atoms with Crippen molar-refractivity contribution in [2.75, 3.05) is 38.6 Å². The quantitative estimate of drug-likeness (QED) is 0.752. The predicted molar refractivity (Wildman–Crippen MR) is 99.5 cm³/mol.